The molecule has 1 aliphatic rings. The average molecular weight is 822 g/mol. The molecule has 8 nitrogen and oxygen atoms in total. The van der Waals surface area contributed by atoms with Gasteiger partial charge in [-0.15, -0.1) is 0 Å². The Morgan fingerprint density at radius 2 is 1.77 bits per heavy atom. The fourth-order valence-corrected chi connectivity index (χ4v) is 7.99. The first kappa shape index (κ1) is 31.3. The number of hydrogen-bond acceptors (Lipinski definition) is 8. The number of aromatic nitrogens is 1. The maximum absolute atomic E-state index is 14.1. The zero-order valence-electron chi connectivity index (χ0n) is 23.9. The van der Waals surface area contributed by atoms with Crippen LogP contribution in [0.25, 0.3) is 6.08 Å². The highest BCUT2D eigenvalue weighted by Crippen LogP contribution is 2.38. The maximum atomic E-state index is 14.1. The molecule has 0 bridgehead atoms. The molecule has 1 atom stereocenters. The maximum Gasteiger partial charge on any atom is 0.338 e. The van der Waals surface area contributed by atoms with E-state index in [1.165, 1.54) is 11.3 Å². The number of benzene rings is 3. The van der Waals surface area contributed by atoms with Crippen LogP contribution in [0.4, 0.5) is 0 Å². The monoisotopic (exact) mass is 822 g/mol. The highest BCUT2D eigenvalue weighted by atomic mass is 127. The summed E-state index contributed by atoms with van der Waals surface area (Å²) in [5.41, 5.74) is 3.00. The van der Waals surface area contributed by atoms with Crippen LogP contribution >= 0.6 is 56.5 Å². The molecule has 0 unspecified atom stereocenters. The van der Waals surface area contributed by atoms with Crippen molar-refractivity contribution in [1.82, 2.24) is 4.57 Å². The molecule has 1 aromatic heterocycles. The predicted molar refractivity (Wildman–Crippen MR) is 183 cm³/mol. The fraction of sp³-hybridized carbons (Fsp3) is 0.219. The van der Waals surface area contributed by atoms with E-state index < -0.39 is 12.0 Å². The zero-order valence-corrected chi connectivity index (χ0v) is 29.0. The molecule has 222 valence electrons. The van der Waals surface area contributed by atoms with Gasteiger partial charge in [0.25, 0.3) is 5.56 Å². The van der Waals surface area contributed by atoms with Crippen LogP contribution in [-0.2, 0) is 16.1 Å². The van der Waals surface area contributed by atoms with Gasteiger partial charge >= 0.3 is 5.97 Å². The van der Waals surface area contributed by atoms with Gasteiger partial charge in [-0.3, -0.25) is 9.36 Å². The second kappa shape index (κ2) is 13.6. The molecule has 0 amide bonds. The highest BCUT2D eigenvalue weighted by molar-refractivity contribution is 14.1. The largest absolute Gasteiger partial charge is 0.497 e. The smallest absolute Gasteiger partial charge is 0.338 e. The van der Waals surface area contributed by atoms with Gasteiger partial charge in [-0.05, 0) is 107 Å². The van der Waals surface area contributed by atoms with E-state index in [0.29, 0.717) is 38.7 Å². The van der Waals surface area contributed by atoms with Crippen molar-refractivity contribution < 1.29 is 23.7 Å². The number of ether oxygens (including phenoxy) is 4. The molecular formula is C32H28I2N2O6S. The number of methoxy groups -OCH3 is 2. The Morgan fingerprint density at radius 3 is 2.42 bits per heavy atom. The SMILES string of the molecule is CCOC(=O)C1=C(C)N=c2s/c(=C/c3cc(I)c(OCc4ccccc4)c(I)c3)c(=O)n2[C@H]1c1cc(OC)ccc1OC. The van der Waals surface area contributed by atoms with Gasteiger partial charge in [-0.2, -0.15) is 0 Å². The third-order valence-corrected chi connectivity index (χ3v) is 9.38. The standard InChI is InChI=1S/C32H28I2N2O6S/c1-5-41-31(38)27-18(2)35-32-36(28(27)22-16-21(39-3)11-12-25(22)40-4)30(37)26(43-32)15-20-13-23(33)29(24(34)14-20)42-17-19-9-7-6-8-10-19/h6-16,28H,5,17H2,1-4H3/b26-15+/t28-/m0/s1. The number of rotatable bonds is 9. The Hall–Kier alpha value is -3.17. The quantitative estimate of drug-likeness (QED) is 0.162. The van der Waals surface area contributed by atoms with Gasteiger partial charge in [0.2, 0.25) is 0 Å². The van der Waals surface area contributed by atoms with E-state index in [1.54, 1.807) is 50.8 Å². The van der Waals surface area contributed by atoms with Gasteiger partial charge in [0.05, 0.1) is 43.8 Å². The number of fused-ring (bicyclic) bond motifs is 1. The molecule has 0 spiro atoms. The van der Waals surface area contributed by atoms with Crippen molar-refractivity contribution in [2.24, 2.45) is 4.99 Å². The Bertz CT molecular complexity index is 1880. The minimum absolute atomic E-state index is 0.185. The Balaban J connectivity index is 1.62. The highest BCUT2D eigenvalue weighted by Gasteiger charge is 2.35. The van der Waals surface area contributed by atoms with Crippen molar-refractivity contribution in [2.75, 3.05) is 20.8 Å². The molecule has 2 heterocycles. The van der Waals surface area contributed by atoms with Crippen LogP contribution in [0.5, 0.6) is 17.2 Å². The van der Waals surface area contributed by atoms with Crippen LogP contribution < -0.4 is 29.1 Å². The summed E-state index contributed by atoms with van der Waals surface area (Å²) in [6.07, 6.45) is 1.85. The minimum atomic E-state index is -0.823. The third kappa shape index (κ3) is 6.53. The number of carbonyl (C=O) groups is 1. The summed E-state index contributed by atoms with van der Waals surface area (Å²) in [6, 6.07) is 18.4. The van der Waals surface area contributed by atoms with Crippen molar-refractivity contribution in [3.05, 3.63) is 115 Å². The number of nitrogens with zero attached hydrogens (tertiary/aromatic N) is 2. The normalized spacial score (nSPS) is 14.7. The Labute approximate surface area is 279 Å². The van der Waals surface area contributed by atoms with Gasteiger partial charge in [-0.25, -0.2) is 9.79 Å². The summed E-state index contributed by atoms with van der Waals surface area (Å²) in [5, 5.41) is 0. The first-order valence-corrected chi connectivity index (χ1v) is 16.3. The van der Waals surface area contributed by atoms with Gasteiger partial charge in [-0.1, -0.05) is 41.7 Å². The summed E-state index contributed by atoms with van der Waals surface area (Å²) in [7, 11) is 3.11. The van der Waals surface area contributed by atoms with Crippen LogP contribution in [0.2, 0.25) is 0 Å². The van der Waals surface area contributed by atoms with Crippen LogP contribution in [0.3, 0.4) is 0 Å². The first-order chi connectivity index (χ1) is 20.7. The van der Waals surface area contributed by atoms with E-state index in [-0.39, 0.29) is 17.7 Å². The first-order valence-electron chi connectivity index (χ1n) is 13.3. The molecule has 0 N–H and O–H groups in total. The summed E-state index contributed by atoms with van der Waals surface area (Å²) in [6.45, 7) is 4.14. The van der Waals surface area contributed by atoms with E-state index in [9.17, 15) is 9.59 Å². The predicted octanol–water partition coefficient (Wildman–Crippen LogP) is 5.60. The van der Waals surface area contributed by atoms with Gasteiger partial charge in [0.1, 0.15) is 29.9 Å². The number of thiazole rings is 1. The molecule has 3 aromatic carbocycles. The molecule has 0 fully saturated rings. The lowest BCUT2D eigenvalue weighted by atomic mass is 9.94. The average Bonchev–Trinajstić information content (AvgIpc) is 3.29. The zero-order chi connectivity index (χ0) is 30.7. The van der Waals surface area contributed by atoms with Gasteiger partial charge in [0, 0.05) is 5.56 Å². The van der Waals surface area contributed by atoms with Gasteiger partial charge in [0.15, 0.2) is 4.80 Å². The number of hydrogen-bond donors (Lipinski definition) is 0. The number of halogens is 2. The molecular weight excluding hydrogens is 794 g/mol. The lowest BCUT2D eigenvalue weighted by Crippen LogP contribution is -2.40. The van der Waals surface area contributed by atoms with E-state index in [2.05, 4.69) is 50.2 Å². The van der Waals surface area contributed by atoms with E-state index in [1.807, 2.05) is 48.5 Å². The van der Waals surface area contributed by atoms with E-state index in [4.69, 9.17) is 18.9 Å². The Kier molecular flexibility index (Phi) is 9.92. The molecule has 5 rings (SSSR count). The summed E-state index contributed by atoms with van der Waals surface area (Å²) in [5.74, 6) is 1.33. The van der Waals surface area contributed by atoms with Crippen molar-refractivity contribution in [1.29, 1.82) is 0 Å². The Morgan fingerprint density at radius 1 is 1.05 bits per heavy atom. The summed E-state index contributed by atoms with van der Waals surface area (Å²) < 4.78 is 26.6. The molecule has 0 radical (unpaired) electrons. The lowest BCUT2D eigenvalue weighted by molar-refractivity contribution is -0.139. The van der Waals surface area contributed by atoms with Crippen LogP contribution in [-0.4, -0.2) is 31.4 Å². The molecule has 0 saturated carbocycles. The topological polar surface area (TPSA) is 88.4 Å². The number of carbonyl (C=O) groups excluding carboxylic acids is 1. The van der Waals surface area contributed by atoms with E-state index >= 15 is 0 Å². The number of esters is 1. The third-order valence-electron chi connectivity index (χ3n) is 6.79. The minimum Gasteiger partial charge on any atom is -0.497 e. The van der Waals surface area contributed by atoms with Crippen molar-refractivity contribution in [3.8, 4) is 17.2 Å². The summed E-state index contributed by atoms with van der Waals surface area (Å²) in [4.78, 5) is 32.5. The molecule has 11 heteroatoms. The molecule has 0 saturated heterocycles. The van der Waals surface area contributed by atoms with Crippen molar-refractivity contribution in [3.63, 3.8) is 0 Å². The van der Waals surface area contributed by atoms with E-state index in [0.717, 1.165) is 24.0 Å². The second-order valence-electron chi connectivity index (χ2n) is 9.50. The summed E-state index contributed by atoms with van der Waals surface area (Å²) >= 11 is 5.78. The molecule has 0 aliphatic carbocycles. The van der Waals surface area contributed by atoms with Crippen molar-refractivity contribution >= 4 is 68.6 Å². The second-order valence-corrected chi connectivity index (χ2v) is 12.8. The van der Waals surface area contributed by atoms with Crippen LogP contribution in [0, 0.1) is 7.14 Å². The molecule has 43 heavy (non-hydrogen) atoms. The fourth-order valence-electron chi connectivity index (χ4n) is 4.82. The molecule has 1 aliphatic heterocycles. The van der Waals surface area contributed by atoms with Crippen molar-refractivity contribution in [2.45, 2.75) is 26.5 Å². The molecule has 4 aromatic rings. The lowest BCUT2D eigenvalue weighted by Gasteiger charge is -2.26. The van der Waals surface area contributed by atoms with Crippen LogP contribution in [0.15, 0.2) is 81.7 Å². The van der Waals surface area contributed by atoms with Crippen LogP contribution in [0.1, 0.15) is 36.6 Å². The van der Waals surface area contributed by atoms with Gasteiger partial charge < -0.3 is 18.9 Å². The number of allylic oxidation sites excluding steroid dienone is 1.